The fraction of sp³-hybridized carbons (Fsp3) is 0.109. The van der Waals surface area contributed by atoms with Crippen molar-refractivity contribution in [2.45, 2.75) is 31.3 Å². The lowest BCUT2D eigenvalue weighted by Crippen LogP contribution is -2.17. The number of halogens is 15. The quantitative estimate of drug-likeness (QED) is 0.122. The van der Waals surface area contributed by atoms with Gasteiger partial charge in [-0.05, 0) is 116 Å². The summed E-state index contributed by atoms with van der Waals surface area (Å²) in [6.45, 7) is 0. The lowest BCUT2D eigenvalue weighted by Gasteiger charge is -2.17. The summed E-state index contributed by atoms with van der Waals surface area (Å²) in [5.74, 6) is -1.96. The first-order valence-electron chi connectivity index (χ1n) is 18.2. The van der Waals surface area contributed by atoms with Crippen LogP contribution < -0.4 is 9.47 Å². The Hall–Kier alpha value is -7.92. The number of nitriles is 3. The van der Waals surface area contributed by atoms with Gasteiger partial charge >= 0.3 is 31.3 Å². The molecular formula is C46H18F15N3O2. The molecule has 0 saturated carbocycles. The molecule has 0 N–H and O–H groups in total. The summed E-state index contributed by atoms with van der Waals surface area (Å²) in [5.41, 5.74) is -8.68. The normalized spacial score (nSPS) is 12.7. The predicted molar refractivity (Wildman–Crippen MR) is 204 cm³/mol. The van der Waals surface area contributed by atoms with Gasteiger partial charge in [0.25, 0.3) is 0 Å². The smallest absolute Gasteiger partial charge is 0.405 e. The van der Waals surface area contributed by atoms with Gasteiger partial charge in [0.05, 0.1) is 28.3 Å². The van der Waals surface area contributed by atoms with Crippen molar-refractivity contribution >= 4 is 5.57 Å². The van der Waals surface area contributed by atoms with Crippen LogP contribution in [0.15, 0.2) is 115 Å². The van der Waals surface area contributed by atoms with Crippen molar-refractivity contribution in [1.29, 1.82) is 15.8 Å². The number of ether oxygens (including phenoxy) is 2. The van der Waals surface area contributed by atoms with Crippen molar-refractivity contribution in [2.75, 3.05) is 0 Å². The van der Waals surface area contributed by atoms with Gasteiger partial charge in [-0.25, -0.2) is 0 Å². The van der Waals surface area contributed by atoms with Crippen LogP contribution in [0.1, 0.15) is 33.4 Å². The van der Waals surface area contributed by atoms with Crippen LogP contribution in [0.25, 0.3) is 61.2 Å². The molecule has 0 amide bonds. The number of benzene rings is 6. The van der Waals surface area contributed by atoms with E-state index >= 15 is 0 Å². The lowest BCUT2D eigenvalue weighted by atomic mass is 9.93. The number of alkyl halides is 15. The fourth-order valence-electron chi connectivity index (χ4n) is 7.27. The van der Waals surface area contributed by atoms with Gasteiger partial charge in [-0.15, -0.1) is 26.3 Å². The molecule has 0 aromatic heterocycles. The van der Waals surface area contributed by atoms with Crippen molar-refractivity contribution in [3.05, 3.63) is 148 Å². The van der Waals surface area contributed by atoms with Gasteiger partial charge < -0.3 is 9.47 Å². The largest absolute Gasteiger partial charge is 0.573 e. The highest BCUT2D eigenvalue weighted by Gasteiger charge is 2.39. The van der Waals surface area contributed by atoms with E-state index in [4.69, 9.17) is 0 Å². The molecule has 0 fully saturated rings. The van der Waals surface area contributed by atoms with E-state index in [0.29, 0.717) is 18.2 Å². The van der Waals surface area contributed by atoms with Crippen molar-refractivity contribution in [3.8, 4) is 85.3 Å². The van der Waals surface area contributed by atoms with Crippen molar-refractivity contribution in [2.24, 2.45) is 0 Å². The van der Waals surface area contributed by atoms with E-state index in [2.05, 4.69) is 9.47 Å². The van der Waals surface area contributed by atoms with Crippen LogP contribution >= 0.6 is 0 Å². The minimum absolute atomic E-state index is 0.0656. The van der Waals surface area contributed by atoms with Gasteiger partial charge in [0, 0.05) is 16.7 Å². The molecule has 0 radical (unpaired) electrons. The second-order valence-electron chi connectivity index (χ2n) is 14.2. The van der Waals surface area contributed by atoms with Crippen LogP contribution in [0.5, 0.6) is 11.5 Å². The summed E-state index contributed by atoms with van der Waals surface area (Å²) in [6.07, 6.45) is -26.1. The molecule has 1 aliphatic rings. The van der Waals surface area contributed by atoms with E-state index in [1.165, 1.54) is 24.3 Å². The van der Waals surface area contributed by atoms with E-state index in [1.54, 1.807) is 18.2 Å². The number of nitrogens with zero attached hydrogens (tertiary/aromatic N) is 3. The van der Waals surface area contributed by atoms with Crippen LogP contribution in [0, 0.1) is 34.0 Å². The van der Waals surface area contributed by atoms with Gasteiger partial charge in [-0.3, -0.25) is 0 Å². The molecule has 1 aliphatic carbocycles. The molecule has 6 aromatic rings. The monoisotopic (exact) mass is 929 g/mol. The van der Waals surface area contributed by atoms with E-state index in [-0.39, 0.29) is 67.3 Å². The van der Waals surface area contributed by atoms with Gasteiger partial charge in [0.1, 0.15) is 29.2 Å². The molecule has 0 spiro atoms. The molecule has 0 saturated heterocycles. The molecule has 0 aliphatic heterocycles. The predicted octanol–water partition coefficient (Wildman–Crippen LogP) is 14.9. The summed E-state index contributed by atoms with van der Waals surface area (Å²) in [5, 5.41) is 29.2. The average molecular weight is 930 g/mol. The highest BCUT2D eigenvalue weighted by atomic mass is 19.4. The van der Waals surface area contributed by atoms with Gasteiger partial charge in [-0.2, -0.15) is 55.3 Å². The maximum Gasteiger partial charge on any atom is 0.573 e. The molecule has 7 rings (SSSR count). The van der Waals surface area contributed by atoms with E-state index in [1.807, 2.05) is 0 Å². The van der Waals surface area contributed by atoms with Crippen LogP contribution in [-0.2, 0) is 18.5 Å². The SMILES string of the molecule is N#CC(C#N)=C1c2cc(OC(F)(F)F)c(-c3ccc(-c4cc(C#N)cc(C(F)(F)F)c4)cc3)cc2-c2cc(-c3ccc(-c4cc(C(F)(F)F)cc(C(F)(F)F)c4)cc3)c(OC(F)(F)F)cc21. The van der Waals surface area contributed by atoms with Gasteiger partial charge in [-0.1, -0.05) is 48.5 Å². The first kappa shape index (κ1) is 46.1. The average Bonchev–Trinajstić information content (AvgIpc) is 3.52. The minimum atomic E-state index is -5.44. The molecule has 5 nitrogen and oxygen atoms in total. The maximum absolute atomic E-state index is 14.0. The molecule has 0 bridgehead atoms. The first-order chi connectivity index (χ1) is 30.7. The van der Waals surface area contributed by atoms with E-state index in [0.717, 1.165) is 60.7 Å². The Labute approximate surface area is 361 Å². The molecule has 0 heterocycles. The summed E-state index contributed by atoms with van der Waals surface area (Å²) in [6, 6.07) is 20.6. The number of allylic oxidation sites excluding steroid dienone is 1. The third kappa shape index (κ3) is 9.46. The highest BCUT2D eigenvalue weighted by Crippen LogP contribution is 2.54. The Balaban J connectivity index is 1.42. The van der Waals surface area contributed by atoms with Crippen LogP contribution in [0.3, 0.4) is 0 Å². The molecule has 0 unspecified atom stereocenters. The topological polar surface area (TPSA) is 89.8 Å². The lowest BCUT2D eigenvalue weighted by molar-refractivity contribution is -0.275. The summed E-state index contributed by atoms with van der Waals surface area (Å²) >= 11 is 0. The van der Waals surface area contributed by atoms with Gasteiger partial charge in [0.2, 0.25) is 0 Å². The van der Waals surface area contributed by atoms with Crippen LogP contribution in [0.4, 0.5) is 65.9 Å². The Bertz CT molecular complexity index is 3040. The zero-order chi connectivity index (χ0) is 48.3. The fourth-order valence-corrected chi connectivity index (χ4v) is 7.27. The summed E-state index contributed by atoms with van der Waals surface area (Å²) in [7, 11) is 0. The molecule has 6 aromatic carbocycles. The van der Waals surface area contributed by atoms with Crippen molar-refractivity contribution in [1.82, 2.24) is 0 Å². The molecule has 0 atom stereocenters. The van der Waals surface area contributed by atoms with Crippen LogP contribution in [0.2, 0.25) is 0 Å². The number of rotatable bonds is 6. The Morgan fingerprint density at radius 2 is 0.712 bits per heavy atom. The van der Waals surface area contributed by atoms with E-state index in [9.17, 15) is 81.6 Å². The Morgan fingerprint density at radius 1 is 0.364 bits per heavy atom. The summed E-state index contributed by atoms with van der Waals surface area (Å²) < 4.78 is 215. The zero-order valence-corrected chi connectivity index (χ0v) is 32.2. The second-order valence-corrected chi connectivity index (χ2v) is 14.2. The molecular weight excluding hydrogens is 911 g/mol. The summed E-state index contributed by atoms with van der Waals surface area (Å²) in [4.78, 5) is 0. The highest BCUT2D eigenvalue weighted by molar-refractivity contribution is 6.07. The standard InChI is InChI=1S/C46H18F15N3O2/c47-42(48,49)30-10-22(19-62)9-27(11-30)23-1-5-25(6-2-23)33-15-35-36-16-34(26-7-3-24(4-8-26)28-12-31(43(50,51)52)14-32(13-28)44(53,54)55)40(66-46(59,60)61)18-38(36)41(29(20-63)21-64)37(35)17-39(33)65-45(56,57)58/h1-18H. The minimum Gasteiger partial charge on any atom is -0.405 e. The van der Waals surface area contributed by atoms with Crippen molar-refractivity contribution in [3.63, 3.8) is 0 Å². The molecule has 334 valence electrons. The maximum atomic E-state index is 14.0. The molecule has 20 heteroatoms. The van der Waals surface area contributed by atoms with Gasteiger partial charge in [0.15, 0.2) is 0 Å². The van der Waals surface area contributed by atoms with Crippen LogP contribution in [-0.4, -0.2) is 12.7 Å². The third-order valence-corrected chi connectivity index (χ3v) is 10.0. The Morgan fingerprint density at radius 3 is 1.05 bits per heavy atom. The zero-order valence-electron chi connectivity index (χ0n) is 32.2. The third-order valence-electron chi connectivity index (χ3n) is 10.0. The molecule has 66 heavy (non-hydrogen) atoms. The first-order valence-corrected chi connectivity index (χ1v) is 18.2. The number of fused-ring (bicyclic) bond motifs is 3. The van der Waals surface area contributed by atoms with E-state index < -0.39 is 81.7 Å². The Kier molecular flexibility index (Phi) is 11.4. The second kappa shape index (κ2) is 16.3. The van der Waals surface area contributed by atoms with Crippen molar-refractivity contribution < 1.29 is 75.3 Å². The number of hydrogen-bond acceptors (Lipinski definition) is 5. The number of hydrogen-bond donors (Lipinski definition) is 0.